The molecule has 1 N–H and O–H groups in total. The van der Waals surface area contributed by atoms with Crippen LogP contribution in [0.2, 0.25) is 0 Å². The van der Waals surface area contributed by atoms with Gasteiger partial charge < -0.3 is 15.0 Å². The Bertz CT molecular complexity index is 657. The number of nitrogens with zero attached hydrogens (tertiary/aromatic N) is 1. The van der Waals surface area contributed by atoms with E-state index >= 15 is 0 Å². The van der Waals surface area contributed by atoms with Crippen LogP contribution in [-0.2, 0) is 0 Å². The average molecular weight is 310 g/mol. The molecule has 0 unspecified atom stereocenters. The lowest BCUT2D eigenvalue weighted by Crippen LogP contribution is -2.30. The van der Waals surface area contributed by atoms with Crippen LogP contribution in [0.5, 0.6) is 11.5 Å². The predicted octanol–water partition coefficient (Wildman–Crippen LogP) is 3.16. The first-order chi connectivity index (χ1) is 11.3. The highest BCUT2D eigenvalue weighted by Gasteiger charge is 2.28. The van der Waals surface area contributed by atoms with Gasteiger partial charge in [0.05, 0.1) is 5.56 Å². The van der Waals surface area contributed by atoms with E-state index in [0.717, 1.165) is 31.8 Å². The van der Waals surface area contributed by atoms with Gasteiger partial charge in [0.1, 0.15) is 11.5 Å². The molecule has 0 aromatic heterocycles. The van der Waals surface area contributed by atoms with Gasteiger partial charge in [-0.3, -0.25) is 4.79 Å². The van der Waals surface area contributed by atoms with Crippen LogP contribution in [0, 0.1) is 5.92 Å². The molecule has 0 radical (unpaired) electrons. The highest BCUT2D eigenvalue weighted by atomic mass is 16.5. The summed E-state index contributed by atoms with van der Waals surface area (Å²) < 4.78 is 5.90. The van der Waals surface area contributed by atoms with E-state index in [1.807, 2.05) is 66.5 Å². The predicted molar refractivity (Wildman–Crippen MR) is 90.9 cm³/mol. The van der Waals surface area contributed by atoms with Gasteiger partial charge >= 0.3 is 0 Å². The van der Waals surface area contributed by atoms with Crippen molar-refractivity contribution in [3.8, 4) is 11.5 Å². The van der Waals surface area contributed by atoms with Crippen molar-refractivity contribution in [3.63, 3.8) is 0 Å². The summed E-state index contributed by atoms with van der Waals surface area (Å²) in [5.74, 6) is 1.93. The van der Waals surface area contributed by atoms with Gasteiger partial charge in [0.2, 0.25) is 0 Å². The van der Waals surface area contributed by atoms with Crippen molar-refractivity contribution in [3.05, 3.63) is 60.2 Å². The Morgan fingerprint density at radius 2 is 1.91 bits per heavy atom. The molecule has 4 nitrogen and oxygen atoms in total. The zero-order valence-electron chi connectivity index (χ0n) is 13.4. The first-order valence-corrected chi connectivity index (χ1v) is 8.03. The fourth-order valence-electron chi connectivity index (χ4n) is 2.99. The molecule has 3 rings (SSSR count). The number of amides is 1. The Kier molecular flexibility index (Phi) is 4.93. The number of benzene rings is 2. The summed E-state index contributed by atoms with van der Waals surface area (Å²) in [6, 6.07) is 17.0. The zero-order valence-corrected chi connectivity index (χ0v) is 13.4. The first kappa shape index (κ1) is 15.6. The maximum absolute atomic E-state index is 12.8. The molecule has 2 aromatic rings. The summed E-state index contributed by atoms with van der Waals surface area (Å²) in [5, 5.41) is 3.19. The van der Waals surface area contributed by atoms with Crippen LogP contribution in [0.15, 0.2) is 54.6 Å². The zero-order chi connectivity index (χ0) is 16.1. The second-order valence-corrected chi connectivity index (χ2v) is 5.87. The topological polar surface area (TPSA) is 41.6 Å². The van der Waals surface area contributed by atoms with Crippen molar-refractivity contribution in [2.24, 2.45) is 5.92 Å². The lowest BCUT2D eigenvalue weighted by atomic mass is 10.1. The molecule has 1 amide bonds. The Morgan fingerprint density at radius 1 is 1.17 bits per heavy atom. The maximum Gasteiger partial charge on any atom is 0.257 e. The monoisotopic (exact) mass is 310 g/mol. The fraction of sp³-hybridized carbons (Fsp3) is 0.316. The maximum atomic E-state index is 12.8. The minimum Gasteiger partial charge on any atom is -0.457 e. The Morgan fingerprint density at radius 3 is 2.70 bits per heavy atom. The molecule has 1 heterocycles. The van der Waals surface area contributed by atoms with Gasteiger partial charge in [-0.15, -0.1) is 0 Å². The molecular weight excluding hydrogens is 288 g/mol. The van der Waals surface area contributed by atoms with E-state index in [4.69, 9.17) is 4.74 Å². The van der Waals surface area contributed by atoms with Crippen molar-refractivity contribution < 1.29 is 9.53 Å². The van der Waals surface area contributed by atoms with Gasteiger partial charge in [-0.1, -0.05) is 30.3 Å². The van der Waals surface area contributed by atoms with Crippen LogP contribution >= 0.6 is 0 Å². The number of para-hydroxylation sites is 2. The lowest BCUT2D eigenvalue weighted by Gasteiger charge is -2.18. The molecule has 4 heteroatoms. The smallest absolute Gasteiger partial charge is 0.257 e. The number of nitrogens with one attached hydrogen (secondary N) is 1. The summed E-state index contributed by atoms with van der Waals surface area (Å²) in [4.78, 5) is 14.8. The van der Waals surface area contributed by atoms with Gasteiger partial charge in [0.25, 0.3) is 5.91 Å². The molecule has 120 valence electrons. The minimum atomic E-state index is 0.0511. The molecule has 1 aliphatic heterocycles. The van der Waals surface area contributed by atoms with Gasteiger partial charge in [-0.25, -0.2) is 0 Å². The van der Waals surface area contributed by atoms with Crippen molar-refractivity contribution in [1.82, 2.24) is 10.2 Å². The largest absolute Gasteiger partial charge is 0.457 e. The van der Waals surface area contributed by atoms with E-state index < -0.39 is 0 Å². The third-order valence-corrected chi connectivity index (χ3v) is 4.15. The molecule has 0 bridgehead atoms. The van der Waals surface area contributed by atoms with Crippen LogP contribution in [0.4, 0.5) is 0 Å². The highest BCUT2D eigenvalue weighted by Crippen LogP contribution is 2.27. The van der Waals surface area contributed by atoms with Crippen molar-refractivity contribution in [2.75, 3.05) is 26.7 Å². The summed E-state index contributed by atoms with van der Waals surface area (Å²) in [7, 11) is 1.95. The van der Waals surface area contributed by atoms with Crippen LogP contribution in [-0.4, -0.2) is 37.5 Å². The molecule has 0 aliphatic carbocycles. The van der Waals surface area contributed by atoms with Crippen LogP contribution in [0.25, 0.3) is 0 Å². The number of hydrogen-bond donors (Lipinski definition) is 1. The van der Waals surface area contributed by atoms with Crippen molar-refractivity contribution >= 4 is 5.91 Å². The number of carbonyl (C=O) groups excluding carboxylic acids is 1. The number of carbonyl (C=O) groups is 1. The third-order valence-electron chi connectivity index (χ3n) is 4.15. The average Bonchev–Trinajstić information content (AvgIpc) is 3.05. The molecule has 0 spiro atoms. The van der Waals surface area contributed by atoms with E-state index in [9.17, 15) is 4.79 Å². The summed E-state index contributed by atoms with van der Waals surface area (Å²) in [6.07, 6.45) is 1.05. The van der Waals surface area contributed by atoms with Gasteiger partial charge in [-0.05, 0) is 50.2 Å². The van der Waals surface area contributed by atoms with Crippen LogP contribution in [0.1, 0.15) is 16.8 Å². The summed E-state index contributed by atoms with van der Waals surface area (Å²) in [5.41, 5.74) is 0.626. The molecule has 1 fully saturated rings. The number of ether oxygens (including phenoxy) is 1. The van der Waals surface area contributed by atoms with Gasteiger partial charge in [0.15, 0.2) is 0 Å². The van der Waals surface area contributed by atoms with Crippen molar-refractivity contribution in [1.29, 1.82) is 0 Å². The Hall–Kier alpha value is -2.33. The SMILES string of the molecule is CNC[C@@H]1CCN(C(=O)c2ccccc2Oc2ccccc2)C1. The van der Waals surface area contributed by atoms with E-state index in [0.29, 0.717) is 17.2 Å². The summed E-state index contributed by atoms with van der Waals surface area (Å²) >= 11 is 0. The number of rotatable bonds is 5. The molecule has 1 aliphatic rings. The van der Waals surface area contributed by atoms with Crippen LogP contribution < -0.4 is 10.1 Å². The standard InChI is InChI=1S/C19H22N2O2/c1-20-13-15-11-12-21(14-15)19(22)17-9-5-6-10-18(17)23-16-7-3-2-4-8-16/h2-10,15,20H,11-14H2,1H3/t15-/m0/s1. The van der Waals surface area contributed by atoms with E-state index in [1.165, 1.54) is 0 Å². The molecule has 1 saturated heterocycles. The third kappa shape index (κ3) is 3.71. The van der Waals surface area contributed by atoms with Crippen molar-refractivity contribution in [2.45, 2.75) is 6.42 Å². The van der Waals surface area contributed by atoms with Gasteiger partial charge in [-0.2, -0.15) is 0 Å². The van der Waals surface area contributed by atoms with Crippen LogP contribution in [0.3, 0.4) is 0 Å². The normalized spacial score (nSPS) is 17.3. The molecule has 1 atom stereocenters. The van der Waals surface area contributed by atoms with E-state index in [-0.39, 0.29) is 5.91 Å². The van der Waals surface area contributed by atoms with E-state index in [2.05, 4.69) is 5.32 Å². The molecule has 2 aromatic carbocycles. The molecule has 23 heavy (non-hydrogen) atoms. The van der Waals surface area contributed by atoms with Gasteiger partial charge in [0, 0.05) is 13.1 Å². The quantitative estimate of drug-likeness (QED) is 0.922. The molecule has 0 saturated carbocycles. The fourth-order valence-corrected chi connectivity index (χ4v) is 2.99. The minimum absolute atomic E-state index is 0.0511. The highest BCUT2D eigenvalue weighted by molar-refractivity contribution is 5.97. The number of likely N-dealkylation sites (tertiary alicyclic amines) is 1. The summed E-state index contributed by atoms with van der Waals surface area (Å²) in [6.45, 7) is 2.57. The van der Waals surface area contributed by atoms with E-state index in [1.54, 1.807) is 0 Å². The number of hydrogen-bond acceptors (Lipinski definition) is 3. The lowest BCUT2D eigenvalue weighted by molar-refractivity contribution is 0.0784. The Balaban J connectivity index is 1.76. The second kappa shape index (κ2) is 7.29. The first-order valence-electron chi connectivity index (χ1n) is 8.03. The molecular formula is C19H22N2O2. The second-order valence-electron chi connectivity index (χ2n) is 5.87. The Labute approximate surface area is 137 Å².